The third-order valence-electron chi connectivity index (χ3n) is 4.21. The number of para-hydroxylation sites is 1. The van der Waals surface area contributed by atoms with Crippen molar-refractivity contribution in [2.24, 2.45) is 11.8 Å². The van der Waals surface area contributed by atoms with Crippen molar-refractivity contribution in [3.63, 3.8) is 0 Å². The molecule has 0 radical (unpaired) electrons. The molecule has 0 amide bonds. The van der Waals surface area contributed by atoms with Crippen molar-refractivity contribution in [3.05, 3.63) is 28.3 Å². The Bertz CT molecular complexity index is 476. The fourth-order valence-corrected chi connectivity index (χ4v) is 2.78. The molecule has 0 spiro atoms. The summed E-state index contributed by atoms with van der Waals surface area (Å²) < 4.78 is 0. The van der Waals surface area contributed by atoms with Gasteiger partial charge in [-0.25, -0.2) is 0 Å². The highest BCUT2D eigenvalue weighted by Gasteiger charge is 2.26. The van der Waals surface area contributed by atoms with E-state index in [1.54, 1.807) is 18.2 Å². The second-order valence-electron chi connectivity index (χ2n) is 5.61. The molecule has 1 aliphatic carbocycles. The Morgan fingerprint density at radius 1 is 1.32 bits per heavy atom. The molecule has 0 heterocycles. The number of nitrogen functional groups attached to an aromatic ring is 1. The smallest absolute Gasteiger partial charge is 0.314 e. The number of anilines is 2. The number of hydrogen-bond donors (Lipinski definition) is 2. The second-order valence-corrected chi connectivity index (χ2v) is 5.61. The van der Waals surface area contributed by atoms with Crippen molar-refractivity contribution in [1.82, 2.24) is 0 Å². The summed E-state index contributed by atoms with van der Waals surface area (Å²) in [7, 11) is 0. The zero-order chi connectivity index (χ0) is 14.0. The minimum atomic E-state index is -0.410. The maximum Gasteiger partial charge on any atom is 0.314 e. The van der Waals surface area contributed by atoms with Crippen LogP contribution in [0.15, 0.2) is 18.2 Å². The Morgan fingerprint density at radius 3 is 2.68 bits per heavy atom. The molecule has 5 heteroatoms. The average Bonchev–Trinajstić information content (AvgIpc) is 2.33. The summed E-state index contributed by atoms with van der Waals surface area (Å²) in [4.78, 5) is 10.7. The van der Waals surface area contributed by atoms with Crippen LogP contribution in [0, 0.1) is 22.0 Å². The van der Waals surface area contributed by atoms with Gasteiger partial charge in [-0.1, -0.05) is 19.9 Å². The van der Waals surface area contributed by atoms with Crippen LogP contribution in [0.5, 0.6) is 0 Å². The molecule has 3 N–H and O–H groups in total. The predicted molar refractivity (Wildman–Crippen MR) is 77.1 cm³/mol. The lowest BCUT2D eigenvalue weighted by atomic mass is 9.79. The van der Waals surface area contributed by atoms with Gasteiger partial charge in [0.05, 0.1) is 4.92 Å². The van der Waals surface area contributed by atoms with Crippen molar-refractivity contribution in [1.29, 1.82) is 0 Å². The summed E-state index contributed by atoms with van der Waals surface area (Å²) in [6.45, 7) is 4.51. The normalized spacial score (nSPS) is 26.9. The number of rotatable bonds is 3. The number of nitrogens with zero attached hydrogens (tertiary/aromatic N) is 1. The molecular weight excluding hydrogens is 242 g/mol. The van der Waals surface area contributed by atoms with E-state index in [1.165, 1.54) is 0 Å². The maximum absolute atomic E-state index is 11.1. The fourth-order valence-electron chi connectivity index (χ4n) is 2.78. The lowest BCUT2D eigenvalue weighted by Gasteiger charge is -2.33. The molecule has 5 nitrogen and oxygen atoms in total. The van der Waals surface area contributed by atoms with Crippen LogP contribution in [0.4, 0.5) is 17.1 Å². The van der Waals surface area contributed by atoms with E-state index in [-0.39, 0.29) is 11.4 Å². The van der Waals surface area contributed by atoms with E-state index < -0.39 is 4.92 Å². The first-order chi connectivity index (χ1) is 8.99. The van der Waals surface area contributed by atoms with Crippen LogP contribution in [0.2, 0.25) is 0 Å². The Kier molecular flexibility index (Phi) is 3.93. The molecule has 3 unspecified atom stereocenters. The van der Waals surface area contributed by atoms with Crippen molar-refractivity contribution in [2.45, 2.75) is 39.2 Å². The number of benzene rings is 1. The minimum absolute atomic E-state index is 0.00576. The summed E-state index contributed by atoms with van der Waals surface area (Å²) >= 11 is 0. The van der Waals surface area contributed by atoms with Gasteiger partial charge in [0.15, 0.2) is 0 Å². The van der Waals surface area contributed by atoms with Gasteiger partial charge in [0, 0.05) is 6.04 Å². The maximum atomic E-state index is 11.1. The Balaban J connectivity index is 2.15. The van der Waals surface area contributed by atoms with E-state index >= 15 is 0 Å². The van der Waals surface area contributed by atoms with Gasteiger partial charge in [0.2, 0.25) is 0 Å². The number of hydrogen-bond acceptors (Lipinski definition) is 4. The average molecular weight is 263 g/mol. The molecule has 1 aromatic carbocycles. The lowest BCUT2D eigenvalue weighted by Crippen LogP contribution is -2.30. The summed E-state index contributed by atoms with van der Waals surface area (Å²) in [6, 6.07) is 5.35. The van der Waals surface area contributed by atoms with Gasteiger partial charge >= 0.3 is 5.69 Å². The van der Waals surface area contributed by atoms with Gasteiger partial charge in [-0.2, -0.15) is 0 Å². The molecule has 1 saturated carbocycles. The van der Waals surface area contributed by atoms with Gasteiger partial charge in [-0.3, -0.25) is 10.1 Å². The molecular formula is C14H21N3O2. The molecule has 1 aromatic rings. The van der Waals surface area contributed by atoms with Crippen LogP contribution >= 0.6 is 0 Å². The van der Waals surface area contributed by atoms with Crippen LogP contribution in [-0.2, 0) is 0 Å². The molecule has 104 valence electrons. The third-order valence-corrected chi connectivity index (χ3v) is 4.21. The highest BCUT2D eigenvalue weighted by Crippen LogP contribution is 2.35. The van der Waals surface area contributed by atoms with Crippen LogP contribution in [0.25, 0.3) is 0 Å². The van der Waals surface area contributed by atoms with Gasteiger partial charge in [-0.15, -0.1) is 0 Å². The van der Waals surface area contributed by atoms with Gasteiger partial charge < -0.3 is 11.1 Å². The SMILES string of the molecule is CC1CCC(Nc2cccc(N)c2[N+](=O)[O-])CC1C. The summed E-state index contributed by atoms with van der Waals surface area (Å²) in [5, 5.41) is 14.4. The van der Waals surface area contributed by atoms with Crippen molar-refractivity contribution >= 4 is 17.1 Å². The highest BCUT2D eigenvalue weighted by molar-refractivity contribution is 5.74. The molecule has 1 fully saturated rings. The molecule has 3 atom stereocenters. The van der Waals surface area contributed by atoms with E-state index in [9.17, 15) is 10.1 Å². The lowest BCUT2D eigenvalue weighted by molar-refractivity contribution is -0.383. The molecule has 19 heavy (non-hydrogen) atoms. The molecule has 0 bridgehead atoms. The van der Waals surface area contributed by atoms with Crippen LogP contribution < -0.4 is 11.1 Å². The monoisotopic (exact) mass is 263 g/mol. The summed E-state index contributed by atoms with van der Waals surface area (Å²) in [5.41, 5.74) is 6.44. The first-order valence-corrected chi connectivity index (χ1v) is 6.78. The topological polar surface area (TPSA) is 81.2 Å². The van der Waals surface area contributed by atoms with Gasteiger partial charge in [0.1, 0.15) is 11.4 Å². The third kappa shape index (κ3) is 2.97. The van der Waals surface area contributed by atoms with Gasteiger partial charge in [0.25, 0.3) is 0 Å². The molecule has 0 saturated heterocycles. The summed E-state index contributed by atoms with van der Waals surface area (Å²) in [6.07, 6.45) is 3.26. The van der Waals surface area contributed by atoms with Crippen LogP contribution in [0.3, 0.4) is 0 Å². The van der Waals surface area contributed by atoms with E-state index in [2.05, 4.69) is 19.2 Å². The Morgan fingerprint density at radius 2 is 2.05 bits per heavy atom. The zero-order valence-electron chi connectivity index (χ0n) is 11.4. The van der Waals surface area contributed by atoms with E-state index in [0.29, 0.717) is 17.6 Å². The number of nitro benzene ring substituents is 1. The molecule has 1 aliphatic rings. The fraction of sp³-hybridized carbons (Fsp3) is 0.571. The number of nitrogens with one attached hydrogen (secondary N) is 1. The van der Waals surface area contributed by atoms with Crippen LogP contribution in [-0.4, -0.2) is 11.0 Å². The van der Waals surface area contributed by atoms with Crippen molar-refractivity contribution < 1.29 is 4.92 Å². The van der Waals surface area contributed by atoms with E-state index in [1.807, 2.05) is 0 Å². The Labute approximate surface area is 113 Å². The first-order valence-electron chi connectivity index (χ1n) is 6.78. The molecule has 0 aromatic heterocycles. The summed E-state index contributed by atoms with van der Waals surface area (Å²) in [5.74, 6) is 1.38. The first kappa shape index (κ1) is 13.6. The largest absolute Gasteiger partial charge is 0.393 e. The molecule has 2 rings (SSSR count). The quantitative estimate of drug-likeness (QED) is 0.497. The van der Waals surface area contributed by atoms with E-state index in [0.717, 1.165) is 25.2 Å². The van der Waals surface area contributed by atoms with Crippen molar-refractivity contribution in [3.8, 4) is 0 Å². The zero-order valence-corrected chi connectivity index (χ0v) is 11.4. The second kappa shape index (κ2) is 5.47. The molecule has 0 aliphatic heterocycles. The highest BCUT2D eigenvalue weighted by atomic mass is 16.6. The van der Waals surface area contributed by atoms with Crippen LogP contribution in [0.1, 0.15) is 33.1 Å². The van der Waals surface area contributed by atoms with Crippen molar-refractivity contribution in [2.75, 3.05) is 11.1 Å². The number of nitro groups is 1. The minimum Gasteiger partial charge on any atom is -0.393 e. The standard InChI is InChI=1S/C14H21N3O2/c1-9-6-7-11(8-10(9)2)16-13-5-3-4-12(15)14(13)17(18)19/h3-5,9-11,16H,6-8,15H2,1-2H3. The Hall–Kier alpha value is -1.78. The van der Waals surface area contributed by atoms with Gasteiger partial charge in [-0.05, 0) is 43.2 Å². The predicted octanol–water partition coefficient (Wildman–Crippen LogP) is 3.41. The number of nitrogens with two attached hydrogens (primary N) is 1. The van der Waals surface area contributed by atoms with E-state index in [4.69, 9.17) is 5.73 Å².